The number of rotatable bonds is 5. The van der Waals surface area contributed by atoms with Crippen molar-refractivity contribution in [3.05, 3.63) is 33.2 Å². The Balaban J connectivity index is 2.15. The fourth-order valence-corrected chi connectivity index (χ4v) is 2.58. The minimum atomic E-state index is -0.227. The Morgan fingerprint density at radius 1 is 1.47 bits per heavy atom. The zero-order valence-corrected chi connectivity index (χ0v) is 12.2. The van der Waals surface area contributed by atoms with Crippen molar-refractivity contribution in [2.24, 2.45) is 0 Å². The number of imidazole rings is 1. The number of esters is 1. The number of nitrogens with one attached hydrogen (secondary N) is 1. The van der Waals surface area contributed by atoms with Crippen molar-refractivity contribution >= 4 is 32.9 Å². The second-order valence-electron chi connectivity index (χ2n) is 4.13. The molecular weight excluding hydrogens is 312 g/mol. The molecule has 1 heterocycles. The van der Waals surface area contributed by atoms with Crippen LogP contribution in [0.15, 0.2) is 27.5 Å². The Labute approximate surface area is 118 Å². The number of fused-ring (bicyclic) bond motifs is 1. The number of aryl methyl sites for hydroxylation is 1. The summed E-state index contributed by atoms with van der Waals surface area (Å²) in [4.78, 5) is 25.9. The van der Waals surface area contributed by atoms with Gasteiger partial charge in [0.05, 0.1) is 17.6 Å². The second-order valence-corrected chi connectivity index (χ2v) is 4.98. The van der Waals surface area contributed by atoms with Gasteiger partial charge in [-0.15, -0.1) is 0 Å². The number of H-pyrrole nitrogens is 1. The van der Waals surface area contributed by atoms with Crippen molar-refractivity contribution in [3.63, 3.8) is 0 Å². The molecule has 0 amide bonds. The molecule has 0 aliphatic carbocycles. The summed E-state index contributed by atoms with van der Waals surface area (Å²) < 4.78 is 7.36. The SMILES string of the molecule is CCOC(=O)CCCn1c(=O)[nH]c2cccc(Br)c21. The van der Waals surface area contributed by atoms with Crippen molar-refractivity contribution in [2.45, 2.75) is 26.3 Å². The summed E-state index contributed by atoms with van der Waals surface area (Å²) in [5.41, 5.74) is 1.46. The summed E-state index contributed by atoms with van der Waals surface area (Å²) in [5.74, 6) is -0.227. The third kappa shape index (κ3) is 3.07. The molecule has 0 aliphatic rings. The van der Waals surface area contributed by atoms with E-state index in [2.05, 4.69) is 20.9 Å². The fourth-order valence-electron chi connectivity index (χ4n) is 2.00. The van der Waals surface area contributed by atoms with Gasteiger partial charge in [0.1, 0.15) is 0 Å². The van der Waals surface area contributed by atoms with E-state index in [1.165, 1.54) is 0 Å². The lowest BCUT2D eigenvalue weighted by Gasteiger charge is -2.04. The monoisotopic (exact) mass is 326 g/mol. The van der Waals surface area contributed by atoms with Gasteiger partial charge in [-0.1, -0.05) is 6.07 Å². The van der Waals surface area contributed by atoms with Crippen LogP contribution in [0.1, 0.15) is 19.8 Å². The number of hydrogen-bond donors (Lipinski definition) is 1. The quantitative estimate of drug-likeness (QED) is 0.858. The number of carbonyl (C=O) groups is 1. The number of benzene rings is 1. The van der Waals surface area contributed by atoms with E-state index in [-0.39, 0.29) is 11.7 Å². The van der Waals surface area contributed by atoms with Gasteiger partial charge in [0.2, 0.25) is 0 Å². The number of aromatic amines is 1. The minimum Gasteiger partial charge on any atom is -0.466 e. The molecule has 0 spiro atoms. The first-order valence-electron chi connectivity index (χ1n) is 6.16. The maximum absolute atomic E-state index is 11.9. The van der Waals surface area contributed by atoms with Gasteiger partial charge in [-0.05, 0) is 41.4 Å². The largest absolute Gasteiger partial charge is 0.466 e. The minimum absolute atomic E-state index is 0.161. The molecule has 0 unspecified atom stereocenters. The topological polar surface area (TPSA) is 64.1 Å². The summed E-state index contributed by atoms with van der Waals surface area (Å²) in [6.45, 7) is 2.65. The molecule has 2 aromatic rings. The highest BCUT2D eigenvalue weighted by molar-refractivity contribution is 9.10. The maximum Gasteiger partial charge on any atom is 0.326 e. The maximum atomic E-state index is 11.9. The van der Waals surface area contributed by atoms with Crippen LogP contribution in [0.3, 0.4) is 0 Å². The van der Waals surface area contributed by atoms with Crippen molar-refractivity contribution in [1.29, 1.82) is 0 Å². The predicted octanol–water partition coefficient (Wildman–Crippen LogP) is 2.44. The van der Waals surface area contributed by atoms with Gasteiger partial charge in [-0.2, -0.15) is 0 Å². The van der Waals surface area contributed by atoms with Crippen LogP contribution in [0.2, 0.25) is 0 Å². The van der Waals surface area contributed by atoms with E-state index < -0.39 is 0 Å². The smallest absolute Gasteiger partial charge is 0.326 e. The Bertz CT molecular complexity index is 645. The Kier molecular flexibility index (Phi) is 4.42. The Morgan fingerprint density at radius 3 is 3.00 bits per heavy atom. The van der Waals surface area contributed by atoms with Gasteiger partial charge in [-0.25, -0.2) is 4.79 Å². The standard InChI is InChI=1S/C13H15BrN2O3/c1-2-19-11(17)7-4-8-16-12-9(14)5-3-6-10(12)15-13(16)18/h3,5-6H,2,4,7-8H2,1H3,(H,15,18). The van der Waals surface area contributed by atoms with Crippen molar-refractivity contribution in [2.75, 3.05) is 6.61 Å². The molecule has 5 nitrogen and oxygen atoms in total. The molecule has 0 fully saturated rings. The van der Waals surface area contributed by atoms with E-state index >= 15 is 0 Å². The number of nitrogens with zero attached hydrogens (tertiary/aromatic N) is 1. The molecule has 0 saturated carbocycles. The van der Waals surface area contributed by atoms with E-state index in [9.17, 15) is 9.59 Å². The van der Waals surface area contributed by atoms with Crippen molar-refractivity contribution < 1.29 is 9.53 Å². The predicted molar refractivity (Wildman–Crippen MR) is 76.1 cm³/mol. The van der Waals surface area contributed by atoms with Gasteiger partial charge < -0.3 is 9.72 Å². The lowest BCUT2D eigenvalue weighted by Crippen LogP contribution is -2.17. The average Bonchev–Trinajstić information content (AvgIpc) is 2.67. The zero-order valence-electron chi connectivity index (χ0n) is 10.6. The number of carbonyl (C=O) groups excluding carboxylic acids is 1. The summed E-state index contributed by atoms with van der Waals surface area (Å²) in [7, 11) is 0. The van der Waals surface area contributed by atoms with Gasteiger partial charge >= 0.3 is 11.7 Å². The summed E-state index contributed by atoms with van der Waals surface area (Å²) in [6, 6.07) is 5.60. The molecule has 1 N–H and O–H groups in total. The Morgan fingerprint density at radius 2 is 2.26 bits per heavy atom. The van der Waals surface area contributed by atoms with Gasteiger partial charge in [-0.3, -0.25) is 9.36 Å². The van der Waals surface area contributed by atoms with Crippen LogP contribution in [0.5, 0.6) is 0 Å². The van der Waals surface area contributed by atoms with Crippen molar-refractivity contribution in [3.8, 4) is 0 Å². The summed E-state index contributed by atoms with van der Waals surface area (Å²) in [5, 5.41) is 0. The molecule has 6 heteroatoms. The van der Waals surface area contributed by atoms with Crippen molar-refractivity contribution in [1.82, 2.24) is 9.55 Å². The first kappa shape index (κ1) is 13.9. The molecule has 19 heavy (non-hydrogen) atoms. The van der Waals surface area contributed by atoms with Crippen LogP contribution in [-0.4, -0.2) is 22.1 Å². The highest BCUT2D eigenvalue weighted by atomic mass is 79.9. The number of aromatic nitrogens is 2. The van der Waals surface area contributed by atoms with Crippen LogP contribution in [0.4, 0.5) is 0 Å². The van der Waals surface area contributed by atoms with Crippen LogP contribution < -0.4 is 5.69 Å². The highest BCUT2D eigenvalue weighted by Gasteiger charge is 2.10. The molecular formula is C13H15BrN2O3. The average molecular weight is 327 g/mol. The molecule has 2 rings (SSSR count). The molecule has 1 aromatic heterocycles. The van der Waals surface area contributed by atoms with E-state index in [0.717, 1.165) is 15.5 Å². The lowest BCUT2D eigenvalue weighted by atomic mass is 10.3. The third-order valence-electron chi connectivity index (χ3n) is 2.81. The van der Waals surface area contributed by atoms with Crippen LogP contribution >= 0.6 is 15.9 Å². The fraction of sp³-hybridized carbons (Fsp3) is 0.385. The zero-order chi connectivity index (χ0) is 13.8. The van der Waals surface area contributed by atoms with E-state index in [1.807, 2.05) is 18.2 Å². The normalized spacial score (nSPS) is 10.8. The third-order valence-corrected chi connectivity index (χ3v) is 3.45. The number of hydrogen-bond acceptors (Lipinski definition) is 3. The number of ether oxygens (including phenoxy) is 1. The van der Waals surface area contributed by atoms with Gasteiger partial charge in [0.15, 0.2) is 0 Å². The molecule has 1 aromatic carbocycles. The highest BCUT2D eigenvalue weighted by Crippen LogP contribution is 2.21. The summed E-state index contributed by atoms with van der Waals surface area (Å²) in [6.07, 6.45) is 0.893. The van der Waals surface area contributed by atoms with E-state index in [0.29, 0.717) is 26.0 Å². The van der Waals surface area contributed by atoms with Gasteiger partial charge in [0, 0.05) is 17.4 Å². The molecule has 0 bridgehead atoms. The number of para-hydroxylation sites is 1. The second kappa shape index (κ2) is 6.06. The molecule has 0 radical (unpaired) electrons. The van der Waals surface area contributed by atoms with Gasteiger partial charge in [0.25, 0.3) is 0 Å². The van der Waals surface area contributed by atoms with Crippen LogP contribution in [0.25, 0.3) is 11.0 Å². The van der Waals surface area contributed by atoms with E-state index in [1.54, 1.807) is 11.5 Å². The lowest BCUT2D eigenvalue weighted by molar-refractivity contribution is -0.143. The molecule has 0 atom stereocenters. The molecule has 0 aliphatic heterocycles. The first-order chi connectivity index (χ1) is 9.13. The molecule has 102 valence electrons. The first-order valence-corrected chi connectivity index (χ1v) is 6.95. The van der Waals surface area contributed by atoms with Crippen LogP contribution in [-0.2, 0) is 16.1 Å². The van der Waals surface area contributed by atoms with E-state index in [4.69, 9.17) is 4.74 Å². The molecule has 0 saturated heterocycles. The summed E-state index contributed by atoms with van der Waals surface area (Å²) >= 11 is 3.44. The number of halogens is 1. The Hall–Kier alpha value is -1.56. The van der Waals surface area contributed by atoms with Crippen LogP contribution in [0, 0.1) is 0 Å².